The first kappa shape index (κ1) is 30.0. The zero-order valence-electron chi connectivity index (χ0n) is 22.9. The first-order chi connectivity index (χ1) is 13.2. The van der Waals surface area contributed by atoms with Crippen LogP contribution in [0.4, 0.5) is 0 Å². The van der Waals surface area contributed by atoms with Crippen LogP contribution in [0.25, 0.3) is 0 Å². The third kappa shape index (κ3) is 8.87. The van der Waals surface area contributed by atoms with Crippen molar-refractivity contribution >= 4 is 22.4 Å². The van der Waals surface area contributed by atoms with Gasteiger partial charge in [-0.15, -0.1) is 0 Å². The van der Waals surface area contributed by atoms with Crippen molar-refractivity contribution in [1.82, 2.24) is 0 Å². The lowest BCUT2D eigenvalue weighted by Crippen LogP contribution is -2.49. The third-order valence-corrected chi connectivity index (χ3v) is 16.6. The van der Waals surface area contributed by atoms with Gasteiger partial charge in [0.05, 0.1) is 6.10 Å². The van der Waals surface area contributed by atoms with Crippen LogP contribution >= 0.6 is 0 Å². The van der Waals surface area contributed by atoms with Crippen molar-refractivity contribution in [2.75, 3.05) is 6.61 Å². The number of carbonyl (C=O) groups is 1. The van der Waals surface area contributed by atoms with Crippen LogP contribution in [0.15, 0.2) is 0 Å². The van der Waals surface area contributed by atoms with E-state index in [4.69, 9.17) is 8.85 Å². The summed E-state index contributed by atoms with van der Waals surface area (Å²) >= 11 is 0. The average molecular weight is 459 g/mol. The lowest BCUT2D eigenvalue weighted by atomic mass is 9.84. The van der Waals surface area contributed by atoms with Crippen LogP contribution in [0.3, 0.4) is 0 Å². The van der Waals surface area contributed by atoms with Crippen molar-refractivity contribution in [1.29, 1.82) is 0 Å². The molecule has 0 unspecified atom stereocenters. The highest BCUT2D eigenvalue weighted by molar-refractivity contribution is 6.74. The molecule has 0 fully saturated rings. The molecule has 0 amide bonds. The average Bonchev–Trinajstić information content (AvgIpc) is 2.55. The van der Waals surface area contributed by atoms with Gasteiger partial charge >= 0.3 is 0 Å². The van der Waals surface area contributed by atoms with Crippen molar-refractivity contribution in [3.05, 3.63) is 0 Å². The minimum atomic E-state index is -1.95. The predicted molar refractivity (Wildman–Crippen MR) is 137 cm³/mol. The van der Waals surface area contributed by atoms with E-state index in [1.54, 1.807) is 0 Å². The number of Topliss-reactive ketones (excluding diaryl/α,β-unsaturated/α-hetero) is 1. The summed E-state index contributed by atoms with van der Waals surface area (Å²) in [7, 11) is -3.61. The highest BCUT2D eigenvalue weighted by Crippen LogP contribution is 2.40. The molecule has 180 valence electrons. The Morgan fingerprint density at radius 1 is 0.800 bits per heavy atom. The molecule has 5 heteroatoms. The van der Waals surface area contributed by atoms with Gasteiger partial charge in [-0.1, -0.05) is 75.7 Å². The molecule has 0 spiro atoms. The lowest BCUT2D eigenvalue weighted by Gasteiger charge is -2.43. The van der Waals surface area contributed by atoms with E-state index in [0.29, 0.717) is 11.7 Å². The molecule has 0 aromatic heterocycles. The number of unbranched alkanes of at least 4 members (excludes halogenated alkanes) is 1. The van der Waals surface area contributed by atoms with E-state index in [0.717, 1.165) is 25.9 Å². The normalized spacial score (nSPS) is 17.2. The van der Waals surface area contributed by atoms with E-state index in [2.05, 4.69) is 81.6 Å². The molecule has 0 heterocycles. The number of carbonyl (C=O) groups excluding carboxylic acids is 1. The smallest absolute Gasteiger partial charge is 0.192 e. The van der Waals surface area contributed by atoms with Crippen LogP contribution in [-0.4, -0.2) is 35.1 Å². The molecule has 0 aliphatic heterocycles. The fourth-order valence-corrected chi connectivity index (χ4v) is 5.75. The summed E-state index contributed by atoms with van der Waals surface area (Å²) in [6.07, 6.45) is 3.28. The fraction of sp³-hybridized carbons (Fsp3) is 0.960. The third-order valence-electron chi connectivity index (χ3n) is 7.63. The van der Waals surface area contributed by atoms with E-state index in [-0.39, 0.29) is 28.0 Å². The lowest BCUT2D eigenvalue weighted by molar-refractivity contribution is -0.129. The van der Waals surface area contributed by atoms with Gasteiger partial charge in [-0.25, -0.2) is 0 Å². The molecule has 0 aliphatic carbocycles. The second-order valence-electron chi connectivity index (χ2n) is 12.8. The summed E-state index contributed by atoms with van der Waals surface area (Å²) in [6.45, 7) is 32.1. The van der Waals surface area contributed by atoms with Crippen LogP contribution in [0, 0.1) is 17.8 Å². The fourth-order valence-electron chi connectivity index (χ4n) is 3.19. The van der Waals surface area contributed by atoms with Crippen molar-refractivity contribution in [3.63, 3.8) is 0 Å². The van der Waals surface area contributed by atoms with E-state index in [1.165, 1.54) is 0 Å². The second-order valence-corrected chi connectivity index (χ2v) is 22.3. The van der Waals surface area contributed by atoms with E-state index in [9.17, 15) is 4.79 Å². The quantitative estimate of drug-likeness (QED) is 0.219. The molecule has 0 aromatic rings. The van der Waals surface area contributed by atoms with Crippen molar-refractivity contribution in [3.8, 4) is 0 Å². The Kier molecular flexibility index (Phi) is 11.3. The maximum absolute atomic E-state index is 12.8. The van der Waals surface area contributed by atoms with E-state index in [1.807, 2.05) is 13.8 Å². The molecule has 3 atom stereocenters. The van der Waals surface area contributed by atoms with Crippen molar-refractivity contribution in [2.45, 2.75) is 131 Å². The standard InChI is InChI=1S/C25H54O3Si2/c1-19(2)22(26)21(4)23(28-30(13,14)25(8,9)10)20(3)17-15-16-18-27-29(11,12)24(5,6)7/h19-21,23H,15-18H2,1-14H3/t20-,21-,23-/m0/s1. The minimum absolute atomic E-state index is 0.00195. The Balaban J connectivity index is 5.06. The maximum Gasteiger partial charge on any atom is 0.192 e. The molecule has 0 saturated heterocycles. The molecule has 3 nitrogen and oxygen atoms in total. The zero-order chi connectivity index (χ0) is 24.1. The Hall–Kier alpha value is 0.0238. The van der Waals surface area contributed by atoms with Gasteiger partial charge < -0.3 is 8.85 Å². The van der Waals surface area contributed by atoms with Crippen molar-refractivity contribution < 1.29 is 13.6 Å². The monoisotopic (exact) mass is 458 g/mol. The molecular formula is C25H54O3Si2. The van der Waals surface area contributed by atoms with Crippen LogP contribution in [-0.2, 0) is 13.6 Å². The SMILES string of the molecule is CC(C)C(=O)[C@H](C)[C@@H](O[Si](C)(C)C(C)(C)C)[C@@H](C)CCCCO[Si](C)(C)C(C)(C)C. The van der Waals surface area contributed by atoms with Gasteiger partial charge in [0.1, 0.15) is 5.78 Å². The number of hydrogen-bond acceptors (Lipinski definition) is 3. The molecule has 0 rings (SSSR count). The molecule has 0 aliphatic rings. The molecule has 0 N–H and O–H groups in total. The molecule has 0 saturated carbocycles. The van der Waals surface area contributed by atoms with Gasteiger partial charge in [-0.05, 0) is 55.0 Å². The molecule has 30 heavy (non-hydrogen) atoms. The van der Waals surface area contributed by atoms with Gasteiger partial charge in [-0.3, -0.25) is 4.79 Å². The molecule has 0 aromatic carbocycles. The summed E-state index contributed by atoms with van der Waals surface area (Å²) in [5.41, 5.74) is 0. The Morgan fingerprint density at radius 2 is 1.27 bits per heavy atom. The van der Waals surface area contributed by atoms with Crippen LogP contribution in [0.5, 0.6) is 0 Å². The second kappa shape index (κ2) is 11.2. The van der Waals surface area contributed by atoms with Crippen LogP contribution < -0.4 is 0 Å². The van der Waals surface area contributed by atoms with Gasteiger partial charge in [0.2, 0.25) is 0 Å². The van der Waals surface area contributed by atoms with Gasteiger partial charge in [-0.2, -0.15) is 0 Å². The highest BCUT2D eigenvalue weighted by Gasteiger charge is 2.42. The van der Waals surface area contributed by atoms with Gasteiger partial charge in [0, 0.05) is 18.4 Å². The van der Waals surface area contributed by atoms with Gasteiger partial charge in [0.15, 0.2) is 16.6 Å². The predicted octanol–water partition coefficient (Wildman–Crippen LogP) is 8.07. The van der Waals surface area contributed by atoms with E-state index >= 15 is 0 Å². The summed E-state index contributed by atoms with van der Waals surface area (Å²) < 4.78 is 13.2. The summed E-state index contributed by atoms with van der Waals surface area (Å²) in [5, 5.41) is 0.400. The highest BCUT2D eigenvalue weighted by atomic mass is 28.4. The number of hydrogen-bond donors (Lipinski definition) is 0. The number of rotatable bonds is 12. The van der Waals surface area contributed by atoms with Crippen molar-refractivity contribution in [2.24, 2.45) is 17.8 Å². The maximum atomic E-state index is 12.8. The Bertz CT molecular complexity index is 527. The summed E-state index contributed by atoms with van der Waals surface area (Å²) in [6, 6.07) is 0. The Morgan fingerprint density at radius 3 is 1.67 bits per heavy atom. The summed E-state index contributed by atoms with van der Waals surface area (Å²) in [5.74, 6) is 0.685. The minimum Gasteiger partial charge on any atom is -0.417 e. The largest absolute Gasteiger partial charge is 0.417 e. The first-order valence-corrected chi connectivity index (χ1v) is 17.9. The molecule has 0 bridgehead atoms. The van der Waals surface area contributed by atoms with Crippen LogP contribution in [0.2, 0.25) is 36.3 Å². The topological polar surface area (TPSA) is 35.5 Å². The first-order valence-electron chi connectivity index (χ1n) is 12.1. The summed E-state index contributed by atoms with van der Waals surface area (Å²) in [4.78, 5) is 12.8. The molecule has 0 radical (unpaired) electrons. The van der Waals surface area contributed by atoms with Crippen LogP contribution in [0.1, 0.15) is 88.5 Å². The Labute approximate surface area is 191 Å². The van der Waals surface area contributed by atoms with Gasteiger partial charge in [0.25, 0.3) is 0 Å². The molecular weight excluding hydrogens is 404 g/mol. The van der Waals surface area contributed by atoms with E-state index < -0.39 is 16.6 Å². The zero-order valence-corrected chi connectivity index (χ0v) is 24.9. The number of ketones is 1.